The molecule has 0 bridgehead atoms. The summed E-state index contributed by atoms with van der Waals surface area (Å²) in [6.45, 7) is 7.21. The molecule has 0 fully saturated rings. The van der Waals surface area contributed by atoms with Crippen LogP contribution in [0.15, 0.2) is 24.4 Å². The van der Waals surface area contributed by atoms with E-state index in [0.29, 0.717) is 23.1 Å². The summed E-state index contributed by atoms with van der Waals surface area (Å²) < 4.78 is 1.49. The van der Waals surface area contributed by atoms with E-state index in [1.54, 1.807) is 24.4 Å². The van der Waals surface area contributed by atoms with E-state index in [9.17, 15) is 4.79 Å². The second-order valence-electron chi connectivity index (χ2n) is 6.31. The summed E-state index contributed by atoms with van der Waals surface area (Å²) in [5, 5.41) is 11.2. The van der Waals surface area contributed by atoms with E-state index in [1.165, 1.54) is 4.68 Å². The number of carbonyl (C=O) groups is 1. The highest BCUT2D eigenvalue weighted by Crippen LogP contribution is 2.17. The Bertz CT molecular complexity index is 647. The van der Waals surface area contributed by atoms with Crippen LogP contribution in [0.2, 0.25) is 5.15 Å². The molecule has 0 aromatic carbocycles. The van der Waals surface area contributed by atoms with Crippen LogP contribution < -0.4 is 5.32 Å². The van der Waals surface area contributed by atoms with Gasteiger partial charge in [0.25, 0.3) is 0 Å². The third-order valence-corrected chi connectivity index (χ3v) is 3.23. The Morgan fingerprint density at radius 3 is 2.77 bits per heavy atom. The highest BCUT2D eigenvalue weighted by molar-refractivity contribution is 6.29. The number of halogens is 1. The van der Waals surface area contributed by atoms with E-state index in [0.717, 1.165) is 6.42 Å². The van der Waals surface area contributed by atoms with Crippen molar-refractivity contribution < 1.29 is 4.79 Å². The highest BCUT2D eigenvalue weighted by Gasteiger charge is 2.12. The van der Waals surface area contributed by atoms with Crippen LogP contribution in [-0.2, 0) is 11.3 Å². The van der Waals surface area contributed by atoms with Crippen LogP contribution in [0.4, 0.5) is 0 Å². The minimum Gasteiger partial charge on any atom is -0.354 e. The van der Waals surface area contributed by atoms with Crippen LogP contribution in [0.25, 0.3) is 11.4 Å². The minimum absolute atomic E-state index is 0.0836. The maximum atomic E-state index is 11.9. The van der Waals surface area contributed by atoms with Crippen LogP contribution in [0.5, 0.6) is 0 Å². The second-order valence-corrected chi connectivity index (χ2v) is 6.69. The molecule has 118 valence electrons. The van der Waals surface area contributed by atoms with Crippen molar-refractivity contribution in [2.24, 2.45) is 5.41 Å². The molecule has 22 heavy (non-hydrogen) atoms. The van der Waals surface area contributed by atoms with E-state index in [4.69, 9.17) is 11.6 Å². The summed E-state index contributed by atoms with van der Waals surface area (Å²) in [7, 11) is 0. The van der Waals surface area contributed by atoms with Gasteiger partial charge < -0.3 is 5.32 Å². The average molecular weight is 322 g/mol. The molecule has 2 heterocycles. The van der Waals surface area contributed by atoms with Gasteiger partial charge in [-0.05, 0) is 24.0 Å². The first-order chi connectivity index (χ1) is 10.3. The fourth-order valence-electron chi connectivity index (χ4n) is 1.82. The van der Waals surface area contributed by atoms with Crippen LogP contribution in [-0.4, -0.2) is 32.4 Å². The van der Waals surface area contributed by atoms with Gasteiger partial charge >= 0.3 is 0 Å². The number of hydrogen-bond donors (Lipinski definition) is 1. The lowest BCUT2D eigenvalue weighted by Crippen LogP contribution is -2.30. The van der Waals surface area contributed by atoms with Crippen molar-refractivity contribution in [2.75, 3.05) is 6.54 Å². The maximum absolute atomic E-state index is 11.9. The van der Waals surface area contributed by atoms with Gasteiger partial charge in [-0.15, -0.1) is 5.10 Å². The lowest BCUT2D eigenvalue weighted by atomic mass is 9.92. The van der Waals surface area contributed by atoms with Gasteiger partial charge in [-0.3, -0.25) is 4.79 Å². The molecule has 1 N–H and O–H groups in total. The molecule has 0 aliphatic rings. The number of carbonyl (C=O) groups excluding carboxylic acids is 1. The first-order valence-electron chi connectivity index (χ1n) is 7.13. The molecule has 0 saturated heterocycles. The minimum atomic E-state index is -0.0836. The summed E-state index contributed by atoms with van der Waals surface area (Å²) in [4.78, 5) is 16.0. The first kappa shape index (κ1) is 16.4. The van der Waals surface area contributed by atoms with E-state index >= 15 is 0 Å². The molecule has 2 aromatic heterocycles. The molecular formula is C15H20ClN5O. The Labute approximate surface area is 134 Å². The largest absolute Gasteiger partial charge is 0.354 e. The van der Waals surface area contributed by atoms with Crippen LogP contribution >= 0.6 is 11.6 Å². The molecule has 6 nitrogen and oxygen atoms in total. The Balaban J connectivity index is 1.91. The summed E-state index contributed by atoms with van der Waals surface area (Å²) >= 11 is 5.85. The van der Waals surface area contributed by atoms with Gasteiger partial charge in [0.05, 0.1) is 11.9 Å². The topological polar surface area (TPSA) is 72.7 Å². The van der Waals surface area contributed by atoms with E-state index < -0.39 is 0 Å². The van der Waals surface area contributed by atoms with Crippen LogP contribution in [0.1, 0.15) is 27.2 Å². The Morgan fingerprint density at radius 2 is 2.09 bits per heavy atom. The van der Waals surface area contributed by atoms with Crippen molar-refractivity contribution in [3.05, 3.63) is 29.5 Å². The van der Waals surface area contributed by atoms with Crippen molar-refractivity contribution in [2.45, 2.75) is 33.7 Å². The normalized spacial score (nSPS) is 11.5. The fourth-order valence-corrected chi connectivity index (χ4v) is 1.99. The quantitative estimate of drug-likeness (QED) is 0.859. The summed E-state index contributed by atoms with van der Waals surface area (Å²) in [6, 6.07) is 5.28. The Hall–Kier alpha value is -1.95. The predicted molar refractivity (Wildman–Crippen MR) is 85.3 cm³/mol. The number of nitrogens with zero attached hydrogens (tertiary/aromatic N) is 4. The van der Waals surface area contributed by atoms with Gasteiger partial charge in [0.15, 0.2) is 0 Å². The molecule has 7 heteroatoms. The number of aromatic nitrogens is 4. The van der Waals surface area contributed by atoms with E-state index in [-0.39, 0.29) is 17.9 Å². The molecular weight excluding hydrogens is 302 g/mol. The molecule has 2 aromatic rings. The molecule has 0 radical (unpaired) electrons. The number of nitrogens with one attached hydrogen (secondary N) is 1. The molecule has 0 aliphatic carbocycles. The fraction of sp³-hybridized carbons (Fsp3) is 0.467. The molecule has 0 atom stereocenters. The van der Waals surface area contributed by atoms with Gasteiger partial charge in [0, 0.05) is 6.54 Å². The SMILES string of the molecule is CC(C)(C)CCNC(=O)Cn1cc(-c2cccc(Cl)n2)nn1. The van der Waals surface area contributed by atoms with E-state index in [2.05, 4.69) is 41.4 Å². The van der Waals surface area contributed by atoms with Crippen molar-refractivity contribution in [1.29, 1.82) is 0 Å². The van der Waals surface area contributed by atoms with Crippen LogP contribution in [0.3, 0.4) is 0 Å². The number of amides is 1. The maximum Gasteiger partial charge on any atom is 0.241 e. The van der Waals surface area contributed by atoms with Crippen molar-refractivity contribution in [3.63, 3.8) is 0 Å². The zero-order valence-electron chi connectivity index (χ0n) is 13.0. The van der Waals surface area contributed by atoms with Crippen molar-refractivity contribution >= 4 is 17.5 Å². The monoisotopic (exact) mass is 321 g/mol. The van der Waals surface area contributed by atoms with Gasteiger partial charge in [0.1, 0.15) is 17.4 Å². The van der Waals surface area contributed by atoms with Crippen molar-refractivity contribution in [3.8, 4) is 11.4 Å². The smallest absolute Gasteiger partial charge is 0.241 e. The summed E-state index contributed by atoms with van der Waals surface area (Å²) in [5.74, 6) is -0.0836. The number of pyridine rings is 1. The molecule has 0 saturated carbocycles. The summed E-state index contributed by atoms with van der Waals surface area (Å²) in [5.41, 5.74) is 1.42. The standard InChI is InChI=1S/C15H20ClN5O/c1-15(2,3)7-8-17-14(22)10-21-9-12(19-20-21)11-5-4-6-13(16)18-11/h4-6,9H,7-8,10H2,1-3H3,(H,17,22). The van der Waals surface area contributed by atoms with Gasteiger partial charge in [0.2, 0.25) is 5.91 Å². The zero-order valence-corrected chi connectivity index (χ0v) is 13.8. The lowest BCUT2D eigenvalue weighted by Gasteiger charge is -2.17. The molecule has 1 amide bonds. The van der Waals surface area contributed by atoms with Gasteiger partial charge in [-0.25, -0.2) is 9.67 Å². The third-order valence-electron chi connectivity index (χ3n) is 3.02. The summed E-state index contributed by atoms with van der Waals surface area (Å²) in [6.07, 6.45) is 2.61. The predicted octanol–water partition coefficient (Wildman–Crippen LogP) is 2.55. The van der Waals surface area contributed by atoms with Crippen molar-refractivity contribution in [1.82, 2.24) is 25.3 Å². The Kier molecular flexibility index (Phi) is 5.13. The van der Waals surface area contributed by atoms with E-state index in [1.807, 2.05) is 0 Å². The van der Waals surface area contributed by atoms with Gasteiger partial charge in [-0.2, -0.15) is 0 Å². The van der Waals surface area contributed by atoms with Crippen LogP contribution in [0, 0.1) is 5.41 Å². The highest BCUT2D eigenvalue weighted by atomic mass is 35.5. The molecule has 0 aliphatic heterocycles. The molecule has 0 spiro atoms. The van der Waals surface area contributed by atoms with Gasteiger partial charge in [-0.1, -0.05) is 43.7 Å². The Morgan fingerprint density at radius 1 is 1.32 bits per heavy atom. The first-order valence-corrected chi connectivity index (χ1v) is 7.51. The zero-order chi connectivity index (χ0) is 16.2. The number of hydrogen-bond acceptors (Lipinski definition) is 4. The molecule has 2 rings (SSSR count). The number of rotatable bonds is 5. The second kappa shape index (κ2) is 6.87. The average Bonchev–Trinajstić information content (AvgIpc) is 2.85. The third kappa shape index (κ3) is 5.11. The molecule has 0 unspecified atom stereocenters. The lowest BCUT2D eigenvalue weighted by molar-refractivity contribution is -0.121.